The fraction of sp³-hybridized carbons (Fsp3) is 0.381. The van der Waals surface area contributed by atoms with E-state index in [-0.39, 0.29) is 6.03 Å². The minimum Gasteiger partial charge on any atom is -0.491 e. The molecule has 0 radical (unpaired) electrons. The van der Waals surface area contributed by atoms with Gasteiger partial charge in [-0.2, -0.15) is 0 Å². The number of hydrogen-bond donors (Lipinski definition) is 2. The first-order valence-electron chi connectivity index (χ1n) is 8.93. The number of urea groups is 1. The van der Waals surface area contributed by atoms with Crippen molar-refractivity contribution in [3.8, 4) is 5.75 Å². The number of amides is 2. The number of hydrogen-bond acceptors (Lipinski definition) is 3. The molecule has 0 unspecified atom stereocenters. The Balaban J connectivity index is 1.91. The van der Waals surface area contributed by atoms with Gasteiger partial charge >= 0.3 is 6.03 Å². The van der Waals surface area contributed by atoms with E-state index in [0.29, 0.717) is 30.5 Å². The minimum absolute atomic E-state index is 0.247. The Labute approximate surface area is 156 Å². The molecule has 0 fully saturated rings. The van der Waals surface area contributed by atoms with E-state index < -0.39 is 0 Å². The zero-order chi connectivity index (χ0) is 18.9. The van der Waals surface area contributed by atoms with Gasteiger partial charge in [-0.05, 0) is 43.3 Å². The third-order valence-electron chi connectivity index (χ3n) is 3.65. The van der Waals surface area contributed by atoms with Gasteiger partial charge in [0.05, 0.1) is 12.3 Å². The van der Waals surface area contributed by atoms with Crippen LogP contribution < -0.4 is 15.4 Å². The highest BCUT2D eigenvalue weighted by Gasteiger charge is 2.08. The van der Waals surface area contributed by atoms with E-state index in [9.17, 15) is 4.79 Å². The maximum absolute atomic E-state index is 12.3. The zero-order valence-electron chi connectivity index (χ0n) is 16.1. The van der Waals surface area contributed by atoms with Crippen molar-refractivity contribution in [1.82, 2.24) is 10.2 Å². The van der Waals surface area contributed by atoms with E-state index in [4.69, 9.17) is 4.74 Å². The molecule has 2 aromatic rings. The minimum atomic E-state index is -0.247. The molecule has 0 aliphatic heterocycles. The van der Waals surface area contributed by atoms with E-state index in [1.807, 2.05) is 50.5 Å². The Morgan fingerprint density at radius 3 is 2.54 bits per heavy atom. The number of nitrogens with zero attached hydrogens (tertiary/aromatic N) is 1. The predicted octanol–water partition coefficient (Wildman–Crippen LogP) is 4.10. The Morgan fingerprint density at radius 2 is 1.81 bits per heavy atom. The average molecular weight is 355 g/mol. The SMILES string of the molecule is CC(C)COc1ccccc1NC(=O)NCc1cccc(CN(C)C)c1. The standard InChI is InChI=1S/C21H29N3O2/c1-16(2)15-26-20-11-6-5-10-19(20)23-21(25)22-13-17-8-7-9-18(12-17)14-24(3)4/h5-12,16H,13-15H2,1-4H3,(H2,22,23,25). The molecule has 0 heterocycles. The van der Waals surface area contributed by atoms with Gasteiger partial charge in [-0.1, -0.05) is 50.2 Å². The topological polar surface area (TPSA) is 53.6 Å². The largest absolute Gasteiger partial charge is 0.491 e. The summed E-state index contributed by atoms with van der Waals surface area (Å²) in [6.45, 7) is 6.14. The lowest BCUT2D eigenvalue weighted by Gasteiger charge is -2.14. The number of carbonyl (C=O) groups excluding carboxylic acids is 1. The van der Waals surface area contributed by atoms with Crippen molar-refractivity contribution >= 4 is 11.7 Å². The van der Waals surface area contributed by atoms with E-state index in [1.165, 1.54) is 5.56 Å². The summed E-state index contributed by atoms with van der Waals surface area (Å²) < 4.78 is 5.77. The average Bonchev–Trinajstić information content (AvgIpc) is 2.59. The Kier molecular flexibility index (Phi) is 7.48. The predicted molar refractivity (Wildman–Crippen MR) is 106 cm³/mol. The summed E-state index contributed by atoms with van der Waals surface area (Å²) >= 11 is 0. The van der Waals surface area contributed by atoms with Gasteiger partial charge in [0, 0.05) is 13.1 Å². The molecule has 0 bridgehead atoms. The summed E-state index contributed by atoms with van der Waals surface area (Å²) in [5, 5.41) is 5.77. The summed E-state index contributed by atoms with van der Waals surface area (Å²) in [5.41, 5.74) is 2.97. The van der Waals surface area contributed by atoms with Crippen LogP contribution in [0.1, 0.15) is 25.0 Å². The molecule has 2 rings (SSSR count). The quantitative estimate of drug-likeness (QED) is 0.749. The van der Waals surface area contributed by atoms with E-state index in [1.54, 1.807) is 0 Å². The first kappa shape index (κ1) is 19.8. The van der Waals surface area contributed by atoms with Crippen molar-refractivity contribution in [2.75, 3.05) is 26.0 Å². The highest BCUT2D eigenvalue weighted by molar-refractivity contribution is 5.90. The molecule has 140 valence electrons. The fourth-order valence-corrected chi connectivity index (χ4v) is 2.50. The van der Waals surface area contributed by atoms with Crippen molar-refractivity contribution in [3.63, 3.8) is 0 Å². The second-order valence-electron chi connectivity index (χ2n) is 7.07. The van der Waals surface area contributed by atoms with Crippen molar-refractivity contribution in [2.45, 2.75) is 26.9 Å². The summed E-state index contributed by atoms with van der Waals surface area (Å²) in [6.07, 6.45) is 0. The van der Waals surface area contributed by atoms with Gasteiger partial charge in [-0.3, -0.25) is 0 Å². The molecule has 2 amide bonds. The van der Waals surface area contributed by atoms with Crippen molar-refractivity contribution in [3.05, 3.63) is 59.7 Å². The van der Waals surface area contributed by atoms with Crippen molar-refractivity contribution in [1.29, 1.82) is 0 Å². The van der Waals surface area contributed by atoms with Crippen LogP contribution in [0, 0.1) is 5.92 Å². The number of para-hydroxylation sites is 2. The van der Waals surface area contributed by atoms with Crippen LogP contribution in [0.5, 0.6) is 5.75 Å². The second-order valence-corrected chi connectivity index (χ2v) is 7.07. The number of anilines is 1. The first-order chi connectivity index (χ1) is 12.4. The van der Waals surface area contributed by atoms with Crippen LogP contribution in [0.4, 0.5) is 10.5 Å². The highest BCUT2D eigenvalue weighted by Crippen LogP contribution is 2.24. The van der Waals surface area contributed by atoms with Crippen molar-refractivity contribution in [2.24, 2.45) is 5.92 Å². The molecule has 26 heavy (non-hydrogen) atoms. The van der Waals surface area contributed by atoms with Crippen LogP contribution >= 0.6 is 0 Å². The molecular weight excluding hydrogens is 326 g/mol. The van der Waals surface area contributed by atoms with Crippen LogP contribution in [-0.2, 0) is 13.1 Å². The van der Waals surface area contributed by atoms with Gasteiger partial charge in [0.2, 0.25) is 0 Å². The molecule has 0 spiro atoms. The van der Waals surface area contributed by atoms with Crippen molar-refractivity contribution < 1.29 is 9.53 Å². The number of benzene rings is 2. The molecule has 0 atom stereocenters. The summed E-state index contributed by atoms with van der Waals surface area (Å²) in [6, 6.07) is 15.5. The third-order valence-corrected chi connectivity index (χ3v) is 3.65. The Morgan fingerprint density at radius 1 is 1.08 bits per heavy atom. The number of nitrogens with one attached hydrogen (secondary N) is 2. The molecule has 0 saturated carbocycles. The molecule has 0 saturated heterocycles. The third kappa shape index (κ3) is 6.76. The van der Waals surface area contributed by atoms with Crippen LogP contribution in [0.25, 0.3) is 0 Å². The first-order valence-corrected chi connectivity index (χ1v) is 8.93. The lowest BCUT2D eigenvalue weighted by molar-refractivity contribution is 0.251. The van der Waals surface area contributed by atoms with Crippen LogP contribution in [0.3, 0.4) is 0 Å². The van der Waals surface area contributed by atoms with Gasteiger partial charge < -0.3 is 20.3 Å². The fourth-order valence-electron chi connectivity index (χ4n) is 2.50. The number of ether oxygens (including phenoxy) is 1. The molecule has 0 aliphatic carbocycles. The second kappa shape index (κ2) is 9.82. The molecule has 2 aromatic carbocycles. The van der Waals surface area contributed by atoms with Gasteiger partial charge in [0.25, 0.3) is 0 Å². The maximum atomic E-state index is 12.3. The Bertz CT molecular complexity index is 714. The number of rotatable bonds is 8. The van der Waals surface area contributed by atoms with E-state index in [2.05, 4.69) is 41.5 Å². The van der Waals surface area contributed by atoms with Gasteiger partial charge in [0.15, 0.2) is 0 Å². The Hall–Kier alpha value is -2.53. The monoisotopic (exact) mass is 355 g/mol. The molecule has 2 N–H and O–H groups in total. The highest BCUT2D eigenvalue weighted by atomic mass is 16.5. The molecule has 0 aliphatic rings. The zero-order valence-corrected chi connectivity index (χ0v) is 16.1. The lowest BCUT2D eigenvalue weighted by Crippen LogP contribution is -2.28. The smallest absolute Gasteiger partial charge is 0.319 e. The van der Waals surface area contributed by atoms with Gasteiger partial charge in [0.1, 0.15) is 5.75 Å². The molecular formula is C21H29N3O2. The van der Waals surface area contributed by atoms with Gasteiger partial charge in [-0.25, -0.2) is 4.79 Å². The summed E-state index contributed by atoms with van der Waals surface area (Å²) in [5.74, 6) is 1.11. The molecule has 5 heteroatoms. The lowest BCUT2D eigenvalue weighted by atomic mass is 10.1. The van der Waals surface area contributed by atoms with Crippen LogP contribution in [0.15, 0.2) is 48.5 Å². The summed E-state index contributed by atoms with van der Waals surface area (Å²) in [4.78, 5) is 14.4. The molecule has 5 nitrogen and oxygen atoms in total. The van der Waals surface area contributed by atoms with Crippen LogP contribution in [-0.4, -0.2) is 31.6 Å². The van der Waals surface area contributed by atoms with Gasteiger partial charge in [-0.15, -0.1) is 0 Å². The van der Waals surface area contributed by atoms with Crippen LogP contribution in [0.2, 0.25) is 0 Å². The normalized spacial score (nSPS) is 10.8. The van der Waals surface area contributed by atoms with E-state index in [0.717, 1.165) is 12.1 Å². The maximum Gasteiger partial charge on any atom is 0.319 e. The number of carbonyl (C=O) groups is 1. The summed E-state index contributed by atoms with van der Waals surface area (Å²) in [7, 11) is 4.08. The van der Waals surface area contributed by atoms with E-state index >= 15 is 0 Å². The molecule has 0 aromatic heterocycles.